The summed E-state index contributed by atoms with van der Waals surface area (Å²) >= 11 is 11.2. The number of anilines is 1. The second-order valence-corrected chi connectivity index (χ2v) is 14.0. The molecule has 0 saturated heterocycles. The van der Waals surface area contributed by atoms with E-state index in [0.29, 0.717) is 5.56 Å². The number of halogens is 1. The first-order valence-corrected chi connectivity index (χ1v) is 15.8. The molecule has 43 heavy (non-hydrogen) atoms. The average Bonchev–Trinajstić information content (AvgIpc) is 3.40. The van der Waals surface area contributed by atoms with Gasteiger partial charge in [0.1, 0.15) is 5.01 Å². The van der Waals surface area contributed by atoms with Crippen molar-refractivity contribution in [3.63, 3.8) is 0 Å². The Kier molecular flexibility index (Phi) is 14.1. The molecule has 4 nitrogen and oxygen atoms in total. The molecule has 0 aliphatic heterocycles. The van der Waals surface area contributed by atoms with Crippen LogP contribution >= 0.6 is 44.6 Å². The standard InChI is InChI=1S/C17H17NS.C11H13ClO.C6H7NS.CH4NP/c1-17(2,3)13-10-8-12(9-11-13)16-18-14-6-4-5-7-15(14)19-16;1-11(2,3)9-6-4-8(5-7-9)10(12)13;7-5-3-1-2-4-6(5)8;1-2-3/h4-11H,1-3H3;4-7H,1-3H3;1-4,8H,7H2;3H,1H3. The third kappa shape index (κ3) is 11.9. The van der Waals surface area contributed by atoms with Crippen LogP contribution in [0.25, 0.3) is 20.8 Å². The predicted molar refractivity (Wildman–Crippen MR) is 194 cm³/mol. The SMILES string of the molecule is CC(C)(C)c1ccc(-c2nc3ccccc3s2)cc1.CC(C)(C)c1ccc(C(=O)Cl)cc1.CN=P.Nc1ccccc1S. The number of nitrogens with zero attached hydrogens (tertiary/aromatic N) is 2. The number of nitrogens with two attached hydrogens (primary N) is 1. The first kappa shape index (κ1) is 36.2. The lowest BCUT2D eigenvalue weighted by atomic mass is 9.87. The van der Waals surface area contributed by atoms with Gasteiger partial charge >= 0.3 is 0 Å². The van der Waals surface area contributed by atoms with Crippen molar-refractivity contribution in [2.75, 3.05) is 12.8 Å². The molecular formula is C35H41ClN3OPS2. The van der Waals surface area contributed by atoms with E-state index in [2.05, 4.69) is 110 Å². The number of hydrogen-bond donors (Lipinski definition) is 2. The molecule has 0 bridgehead atoms. The minimum Gasteiger partial charge on any atom is -0.398 e. The molecule has 1 aromatic heterocycles. The van der Waals surface area contributed by atoms with E-state index >= 15 is 0 Å². The second kappa shape index (κ2) is 16.7. The number of thiol groups is 1. The Hall–Kier alpha value is -3.02. The van der Waals surface area contributed by atoms with Crippen LogP contribution in [0, 0.1) is 0 Å². The summed E-state index contributed by atoms with van der Waals surface area (Å²) in [5, 5.41) is 0.696. The van der Waals surface area contributed by atoms with Crippen LogP contribution in [0.2, 0.25) is 0 Å². The highest BCUT2D eigenvalue weighted by atomic mass is 35.5. The molecule has 0 amide bonds. The van der Waals surface area contributed by atoms with Crippen molar-refractivity contribution in [3.05, 3.63) is 114 Å². The van der Waals surface area contributed by atoms with Crippen LogP contribution in [0.3, 0.4) is 0 Å². The number of carbonyl (C=O) groups is 1. The third-order valence-corrected chi connectivity index (χ3v) is 7.92. The van der Waals surface area contributed by atoms with Gasteiger partial charge in [0.2, 0.25) is 0 Å². The topological polar surface area (TPSA) is 68.3 Å². The largest absolute Gasteiger partial charge is 0.398 e. The fourth-order valence-corrected chi connectivity index (χ4v) is 4.95. The minimum absolute atomic E-state index is 0.119. The number of rotatable bonds is 2. The van der Waals surface area contributed by atoms with Crippen LogP contribution in [0.15, 0.2) is 107 Å². The maximum atomic E-state index is 10.8. The highest BCUT2D eigenvalue weighted by Crippen LogP contribution is 2.31. The number of hydrogen-bond acceptors (Lipinski definition) is 6. The van der Waals surface area contributed by atoms with E-state index in [1.165, 1.54) is 21.4 Å². The van der Waals surface area contributed by atoms with Crippen LogP contribution in [0.5, 0.6) is 0 Å². The second-order valence-electron chi connectivity index (χ2n) is 11.7. The van der Waals surface area contributed by atoms with Gasteiger partial charge in [0.15, 0.2) is 0 Å². The molecule has 0 saturated carbocycles. The molecule has 5 rings (SSSR count). The number of thiazole rings is 1. The summed E-state index contributed by atoms with van der Waals surface area (Å²) in [6.07, 6.45) is 0. The Morgan fingerprint density at radius 3 is 1.70 bits per heavy atom. The van der Waals surface area contributed by atoms with Gasteiger partial charge in [0, 0.05) is 28.8 Å². The lowest BCUT2D eigenvalue weighted by Crippen LogP contribution is -2.10. The van der Waals surface area contributed by atoms with Crippen LogP contribution < -0.4 is 5.73 Å². The van der Waals surface area contributed by atoms with Gasteiger partial charge in [-0.2, -0.15) is 0 Å². The Bertz CT molecular complexity index is 1550. The maximum absolute atomic E-state index is 10.8. The van der Waals surface area contributed by atoms with Gasteiger partial charge in [-0.25, -0.2) is 4.98 Å². The molecule has 5 aromatic rings. The van der Waals surface area contributed by atoms with E-state index in [-0.39, 0.29) is 10.8 Å². The molecular weight excluding hydrogens is 609 g/mol. The summed E-state index contributed by atoms with van der Waals surface area (Å²) in [7, 11) is 4.47. The molecule has 1 heterocycles. The summed E-state index contributed by atoms with van der Waals surface area (Å²) in [5.41, 5.74) is 11.9. The van der Waals surface area contributed by atoms with Gasteiger partial charge in [-0.15, -0.1) is 24.0 Å². The van der Waals surface area contributed by atoms with Crippen molar-refractivity contribution in [2.24, 2.45) is 4.74 Å². The van der Waals surface area contributed by atoms with Gasteiger partial charge in [-0.05, 0) is 79.0 Å². The molecule has 0 aliphatic carbocycles. The van der Waals surface area contributed by atoms with Crippen molar-refractivity contribution in [1.29, 1.82) is 0 Å². The minimum atomic E-state index is -0.402. The van der Waals surface area contributed by atoms with Gasteiger partial charge in [0.25, 0.3) is 5.24 Å². The molecule has 0 unspecified atom stereocenters. The average molecular weight is 650 g/mol. The van der Waals surface area contributed by atoms with E-state index < -0.39 is 5.24 Å². The van der Waals surface area contributed by atoms with Gasteiger partial charge < -0.3 is 5.73 Å². The fraction of sp³-hybridized carbons (Fsp3) is 0.257. The van der Waals surface area contributed by atoms with E-state index in [4.69, 9.17) is 22.3 Å². The fourth-order valence-electron chi connectivity index (χ4n) is 3.70. The molecule has 0 radical (unpaired) electrons. The van der Waals surface area contributed by atoms with Crippen LogP contribution in [-0.4, -0.2) is 17.3 Å². The smallest absolute Gasteiger partial charge is 0.252 e. The zero-order valence-electron chi connectivity index (χ0n) is 25.9. The lowest BCUT2D eigenvalue weighted by Gasteiger charge is -2.18. The predicted octanol–water partition coefficient (Wildman–Crippen LogP) is 11.1. The summed E-state index contributed by atoms with van der Waals surface area (Å²) in [6, 6.07) is 31.9. The van der Waals surface area contributed by atoms with E-state index in [1.54, 1.807) is 30.5 Å². The van der Waals surface area contributed by atoms with Crippen molar-refractivity contribution in [3.8, 4) is 10.6 Å². The molecule has 0 aliphatic rings. The van der Waals surface area contributed by atoms with Crippen LogP contribution in [-0.2, 0) is 10.8 Å². The van der Waals surface area contributed by atoms with Crippen molar-refractivity contribution < 1.29 is 4.79 Å². The van der Waals surface area contributed by atoms with E-state index in [1.807, 2.05) is 42.5 Å². The number of fused-ring (bicyclic) bond motifs is 1. The molecule has 0 fully saturated rings. The van der Waals surface area contributed by atoms with Gasteiger partial charge in [0.05, 0.1) is 10.2 Å². The van der Waals surface area contributed by atoms with Gasteiger partial charge in [-0.3, -0.25) is 9.54 Å². The number of aromatic nitrogens is 1. The first-order valence-electron chi connectivity index (χ1n) is 13.7. The molecule has 226 valence electrons. The van der Waals surface area contributed by atoms with E-state index in [0.717, 1.165) is 21.1 Å². The van der Waals surface area contributed by atoms with E-state index in [9.17, 15) is 4.79 Å². The van der Waals surface area contributed by atoms with Gasteiger partial charge in [-0.1, -0.05) is 102 Å². The number of para-hydroxylation sites is 2. The molecule has 0 atom stereocenters. The Labute approximate surface area is 273 Å². The summed E-state index contributed by atoms with van der Waals surface area (Å²) < 4.78 is 4.55. The maximum Gasteiger partial charge on any atom is 0.252 e. The van der Waals surface area contributed by atoms with Crippen LogP contribution in [0.1, 0.15) is 63.0 Å². The lowest BCUT2D eigenvalue weighted by molar-refractivity contribution is 0.108. The van der Waals surface area contributed by atoms with Crippen molar-refractivity contribution in [2.45, 2.75) is 57.3 Å². The summed E-state index contributed by atoms with van der Waals surface area (Å²) in [6.45, 7) is 13.1. The third-order valence-electron chi connectivity index (χ3n) is 6.21. The monoisotopic (exact) mass is 649 g/mol. The Morgan fingerprint density at radius 2 is 1.28 bits per heavy atom. The molecule has 2 N–H and O–H groups in total. The Balaban J connectivity index is 0.000000233. The quantitative estimate of drug-likeness (QED) is 0.0865. The number of benzene rings is 4. The normalized spacial score (nSPS) is 10.7. The molecule has 4 aromatic carbocycles. The summed E-state index contributed by atoms with van der Waals surface area (Å²) in [4.78, 5) is 16.3. The summed E-state index contributed by atoms with van der Waals surface area (Å²) in [5.74, 6) is 0. The molecule has 0 spiro atoms. The zero-order valence-corrected chi connectivity index (χ0v) is 29.3. The first-order chi connectivity index (χ1) is 20.2. The van der Waals surface area contributed by atoms with Crippen LogP contribution in [0.4, 0.5) is 5.69 Å². The Morgan fingerprint density at radius 1 is 0.814 bits per heavy atom. The zero-order chi connectivity index (χ0) is 32.2. The number of nitrogen functional groups attached to an aromatic ring is 1. The highest BCUT2D eigenvalue weighted by Gasteiger charge is 2.14. The molecule has 8 heteroatoms. The van der Waals surface area contributed by atoms with Crippen molar-refractivity contribution >= 4 is 65.7 Å². The van der Waals surface area contributed by atoms with Crippen molar-refractivity contribution in [1.82, 2.24) is 4.98 Å². The number of carbonyl (C=O) groups excluding carboxylic acids is 1. The highest BCUT2D eigenvalue weighted by molar-refractivity contribution is 7.80.